The van der Waals surface area contributed by atoms with Crippen LogP contribution in [0.4, 0.5) is 0 Å². The van der Waals surface area contributed by atoms with Gasteiger partial charge in [0.25, 0.3) is 0 Å². The van der Waals surface area contributed by atoms with Crippen LogP contribution in [0.15, 0.2) is 156 Å². The molecular weight excluding hydrogens is 1430 g/mol. The third kappa shape index (κ3) is 15.6. The number of aromatic nitrogens is 2. The number of hydrogen-bond donors (Lipinski definition) is 2. The van der Waals surface area contributed by atoms with Gasteiger partial charge in [-0.3, -0.25) is 9.59 Å². The summed E-state index contributed by atoms with van der Waals surface area (Å²) in [6.45, 7) is 26.0. The molecule has 0 bridgehead atoms. The van der Waals surface area contributed by atoms with Crippen molar-refractivity contribution in [2.75, 3.05) is 0 Å². The number of para-hydroxylation sites is 1. The van der Waals surface area contributed by atoms with Crippen molar-refractivity contribution < 1.29 is 64.4 Å². The molecule has 0 saturated heterocycles. The number of rotatable bonds is 6. The Morgan fingerprint density at radius 2 is 1.12 bits per heavy atom. The van der Waals surface area contributed by atoms with E-state index in [2.05, 4.69) is 172 Å². The average molecular weight is 1500 g/mol. The predicted molar refractivity (Wildman–Crippen MR) is 310 cm³/mol. The van der Waals surface area contributed by atoms with Crippen molar-refractivity contribution in [1.29, 1.82) is 0 Å². The number of benzene rings is 5. The van der Waals surface area contributed by atoms with Gasteiger partial charge in [0.1, 0.15) is 0 Å². The zero-order chi connectivity index (χ0) is 53.6. The molecule has 5 aromatic heterocycles. The molecule has 10 aromatic rings. The zero-order valence-electron chi connectivity index (χ0n) is 45.3. The molecule has 11 heteroatoms. The Labute approximate surface area is 486 Å². The molecule has 396 valence electrons. The maximum atomic E-state index is 10.0. The number of pyridine rings is 2. The summed E-state index contributed by atoms with van der Waals surface area (Å²) < 4.78 is 11.7. The van der Waals surface area contributed by atoms with Crippen molar-refractivity contribution in [1.82, 2.24) is 9.97 Å². The number of aliphatic hydroxyl groups excluding tert-OH is 2. The molecule has 0 unspecified atom stereocenters. The number of carbonyl (C=O) groups excluding carboxylic acids is 2. The van der Waals surface area contributed by atoms with Crippen LogP contribution < -0.4 is 0 Å². The van der Waals surface area contributed by atoms with Gasteiger partial charge in [0.05, 0.1) is 11.5 Å². The van der Waals surface area contributed by atoms with E-state index < -0.39 is 0 Å². The second-order valence-corrected chi connectivity index (χ2v) is 25.3. The number of fused-ring (bicyclic) bond motifs is 5. The SMILES string of the molecule is CC(=O)C=C(C)O.CC(=O)C=C(C)O.Cc1[c-]c(-c2cc3cc(-c4c(C)cc(C(C)(C)C)cc4C)[se]c3cn2)cc(C(C)(C)C)c1.[Ir].[Ir].[c-]1ccc2c(oc3ccccc32)c1-c1cc2cc(-c3ccccc3)[se]c2cn1. The molecule has 2 radical (unpaired) electrons. The van der Waals surface area contributed by atoms with Crippen LogP contribution >= 0.6 is 0 Å². The van der Waals surface area contributed by atoms with E-state index in [-0.39, 0.29) is 103 Å². The summed E-state index contributed by atoms with van der Waals surface area (Å²) in [6.07, 6.45) is 6.45. The monoisotopic (exact) mass is 1500 g/mol. The second kappa shape index (κ2) is 26.2. The van der Waals surface area contributed by atoms with Gasteiger partial charge in [-0.25, -0.2) is 0 Å². The van der Waals surface area contributed by atoms with E-state index in [9.17, 15) is 9.59 Å². The van der Waals surface area contributed by atoms with Crippen LogP contribution in [0.1, 0.15) is 97.1 Å². The molecule has 0 aliphatic rings. The molecule has 0 aliphatic heterocycles. The van der Waals surface area contributed by atoms with Crippen LogP contribution in [-0.2, 0) is 60.6 Å². The number of hydrogen-bond acceptors (Lipinski definition) is 7. The molecule has 0 spiro atoms. The Balaban J connectivity index is 0.000000221. The van der Waals surface area contributed by atoms with E-state index in [1.54, 1.807) is 0 Å². The van der Waals surface area contributed by atoms with E-state index in [1.165, 1.54) is 107 Å². The van der Waals surface area contributed by atoms with Crippen LogP contribution in [-0.4, -0.2) is 60.8 Å². The first-order valence-corrected chi connectivity index (χ1v) is 28.0. The average Bonchev–Trinajstić information content (AvgIpc) is 4.05. The molecule has 7 nitrogen and oxygen atoms in total. The van der Waals surface area contributed by atoms with Gasteiger partial charge in [0.2, 0.25) is 0 Å². The summed E-state index contributed by atoms with van der Waals surface area (Å²) in [5, 5.41) is 21.5. The molecule has 5 aromatic carbocycles. The molecular formula is C65H64Ir2N2O5Se2-2. The Bertz CT molecular complexity index is 3680. The van der Waals surface area contributed by atoms with Crippen LogP contribution in [0.3, 0.4) is 0 Å². The van der Waals surface area contributed by atoms with Gasteiger partial charge in [-0.05, 0) is 27.7 Å². The second-order valence-electron chi connectivity index (χ2n) is 20.7. The summed E-state index contributed by atoms with van der Waals surface area (Å²) in [4.78, 5) is 29.7. The van der Waals surface area contributed by atoms with Crippen molar-refractivity contribution in [2.24, 2.45) is 0 Å². The van der Waals surface area contributed by atoms with E-state index >= 15 is 0 Å². The van der Waals surface area contributed by atoms with Gasteiger partial charge < -0.3 is 10.2 Å². The fourth-order valence-electron chi connectivity index (χ4n) is 8.58. The van der Waals surface area contributed by atoms with Gasteiger partial charge in [-0.2, -0.15) is 0 Å². The third-order valence-electron chi connectivity index (χ3n) is 12.1. The molecule has 0 fully saturated rings. The van der Waals surface area contributed by atoms with Gasteiger partial charge >= 0.3 is 368 Å². The molecule has 0 atom stereocenters. The third-order valence-corrected chi connectivity index (χ3v) is 16.8. The molecule has 2 N–H and O–H groups in total. The molecule has 0 aliphatic carbocycles. The van der Waals surface area contributed by atoms with Crippen LogP contribution in [0, 0.1) is 32.9 Å². The van der Waals surface area contributed by atoms with Crippen molar-refractivity contribution in [3.8, 4) is 42.5 Å². The number of carbonyl (C=O) groups is 2. The molecule has 5 heterocycles. The van der Waals surface area contributed by atoms with Gasteiger partial charge in [0.15, 0.2) is 11.6 Å². The maximum absolute atomic E-state index is 10.0. The topological polar surface area (TPSA) is 114 Å². The van der Waals surface area contributed by atoms with Crippen molar-refractivity contribution >= 4 is 81.8 Å². The molecule has 0 amide bonds. The van der Waals surface area contributed by atoms with E-state index in [1.807, 2.05) is 30.5 Å². The number of ketones is 2. The van der Waals surface area contributed by atoms with Crippen molar-refractivity contribution in [3.05, 3.63) is 191 Å². The molecule has 0 saturated carbocycles. The fourth-order valence-corrected chi connectivity index (χ4v) is 13.2. The molecule has 76 heavy (non-hydrogen) atoms. The van der Waals surface area contributed by atoms with Crippen molar-refractivity contribution in [3.63, 3.8) is 0 Å². The van der Waals surface area contributed by atoms with Crippen LogP contribution in [0.25, 0.3) is 83.7 Å². The van der Waals surface area contributed by atoms with E-state index in [4.69, 9.17) is 24.6 Å². The first kappa shape index (κ1) is 61.3. The summed E-state index contributed by atoms with van der Waals surface area (Å²) in [7, 11) is 0. The number of nitrogens with zero attached hydrogens (tertiary/aromatic N) is 2. The quantitative estimate of drug-likeness (QED) is 0.0738. The van der Waals surface area contributed by atoms with Gasteiger partial charge in [0, 0.05) is 52.4 Å². The number of furan rings is 1. The standard InChI is InChI=1S/C30H34NSe.C25H14NOSe.2C5H8O2.2Ir/c1-18-10-21(14-23(11-18)29(4,5)6)25-15-22-16-26(32-27(22)17-31-25)28-19(2)12-24(13-20(28)3)30(7,8)9;1-2-7-16(8-3-1)23-14-17-13-21(26-15-24(17)28-23)20-11-6-10-19-18-9-4-5-12-22(18)27-25(19)20;2*1-4(6)3-5(2)7;;/h11-17H,1-9H3;1-10,12-15H;2*3,6H,1-2H3;;/q2*-1;;;;. The van der Waals surface area contributed by atoms with E-state index in [0.29, 0.717) is 0 Å². The predicted octanol–water partition coefficient (Wildman–Crippen LogP) is 16.3. The number of allylic oxidation sites excluding steroid dienone is 4. The Kier molecular flexibility index (Phi) is 21.1. The van der Waals surface area contributed by atoms with Crippen LogP contribution in [0.5, 0.6) is 0 Å². The minimum atomic E-state index is -0.125. The fraction of sp³-hybridized carbons (Fsp3) is 0.231. The Morgan fingerprint density at radius 3 is 1.67 bits per heavy atom. The first-order valence-electron chi connectivity index (χ1n) is 24.5. The van der Waals surface area contributed by atoms with Crippen LogP contribution in [0.2, 0.25) is 0 Å². The Morgan fingerprint density at radius 1 is 0.605 bits per heavy atom. The van der Waals surface area contributed by atoms with E-state index in [0.717, 1.165) is 44.5 Å². The number of aryl methyl sites for hydroxylation is 3. The van der Waals surface area contributed by atoms with Crippen molar-refractivity contribution in [2.45, 2.75) is 101 Å². The number of aliphatic hydroxyl groups is 2. The first-order chi connectivity index (χ1) is 34.9. The van der Waals surface area contributed by atoms with Gasteiger partial charge in [-0.15, -0.1) is 0 Å². The normalized spacial score (nSPS) is 11.6. The Hall–Kier alpha value is -5.56. The molecule has 10 rings (SSSR count). The minimum absolute atomic E-state index is 0. The zero-order valence-corrected chi connectivity index (χ0v) is 53.5. The van der Waals surface area contributed by atoms with Gasteiger partial charge in [-0.1, -0.05) is 0 Å². The summed E-state index contributed by atoms with van der Waals surface area (Å²) >= 11 is 0.573. The summed E-state index contributed by atoms with van der Waals surface area (Å²) in [6, 6.07) is 48.0. The summed E-state index contributed by atoms with van der Waals surface area (Å²) in [5.74, 6) is -0.125. The summed E-state index contributed by atoms with van der Waals surface area (Å²) in [5.41, 5.74) is 15.4.